The lowest BCUT2D eigenvalue weighted by molar-refractivity contribution is -0.120. The van der Waals surface area contributed by atoms with Crippen LogP contribution >= 0.6 is 11.3 Å². The third-order valence-corrected chi connectivity index (χ3v) is 5.05. The summed E-state index contributed by atoms with van der Waals surface area (Å²) in [5.41, 5.74) is 4.15. The van der Waals surface area contributed by atoms with Gasteiger partial charge in [-0.2, -0.15) is 11.3 Å². The maximum Gasteiger partial charge on any atom is 0.224 e. The number of carbonyl (C=O) groups is 1. The topological polar surface area (TPSA) is 42.0 Å². The van der Waals surface area contributed by atoms with Crippen LogP contribution in [-0.4, -0.2) is 10.9 Å². The molecule has 0 bridgehead atoms. The summed E-state index contributed by atoms with van der Waals surface area (Å²) in [4.78, 5) is 16.8. The Morgan fingerprint density at radius 1 is 1.04 bits per heavy atom. The number of nitrogens with zero attached hydrogens (tertiary/aromatic N) is 1. The number of amides is 1. The van der Waals surface area contributed by atoms with E-state index < -0.39 is 0 Å². The second-order valence-electron chi connectivity index (χ2n) is 6.15. The normalized spacial score (nSPS) is 10.8. The van der Waals surface area contributed by atoms with E-state index in [9.17, 15) is 4.79 Å². The van der Waals surface area contributed by atoms with Crippen molar-refractivity contribution < 1.29 is 4.79 Å². The second-order valence-corrected chi connectivity index (χ2v) is 6.93. The molecule has 1 amide bonds. The molecule has 0 fully saturated rings. The quantitative estimate of drug-likeness (QED) is 0.556. The van der Waals surface area contributed by atoms with Crippen molar-refractivity contribution in [1.82, 2.24) is 10.3 Å². The summed E-state index contributed by atoms with van der Waals surface area (Å²) < 4.78 is 0. The average Bonchev–Trinajstić information content (AvgIpc) is 3.22. The summed E-state index contributed by atoms with van der Waals surface area (Å²) >= 11 is 1.65. The van der Waals surface area contributed by atoms with Gasteiger partial charge in [0.05, 0.1) is 12.1 Å². The van der Waals surface area contributed by atoms with Crippen molar-refractivity contribution in [3.05, 3.63) is 88.7 Å². The lowest BCUT2D eigenvalue weighted by Gasteiger charge is -2.09. The number of benzene rings is 2. The Hall–Kier alpha value is -2.98. The van der Waals surface area contributed by atoms with Crippen LogP contribution in [0, 0.1) is 0 Å². The third-order valence-electron chi connectivity index (χ3n) is 4.36. The maximum atomic E-state index is 12.4. The lowest BCUT2D eigenvalue weighted by Crippen LogP contribution is -2.24. The lowest BCUT2D eigenvalue weighted by atomic mass is 10.0. The zero-order valence-corrected chi connectivity index (χ0v) is 15.0. The monoisotopic (exact) mass is 358 g/mol. The van der Waals surface area contributed by atoms with Gasteiger partial charge in [0.2, 0.25) is 5.91 Å². The average molecular weight is 358 g/mol. The van der Waals surface area contributed by atoms with Crippen LogP contribution in [-0.2, 0) is 17.8 Å². The molecule has 0 atom stereocenters. The van der Waals surface area contributed by atoms with E-state index in [1.807, 2.05) is 41.8 Å². The largest absolute Gasteiger partial charge is 0.352 e. The highest BCUT2D eigenvalue weighted by Gasteiger charge is 2.07. The van der Waals surface area contributed by atoms with Gasteiger partial charge >= 0.3 is 0 Å². The van der Waals surface area contributed by atoms with Gasteiger partial charge in [-0.05, 0) is 45.5 Å². The van der Waals surface area contributed by atoms with Crippen molar-refractivity contribution in [3.63, 3.8) is 0 Å². The van der Waals surface area contributed by atoms with E-state index in [1.165, 1.54) is 0 Å². The Balaban J connectivity index is 1.43. The van der Waals surface area contributed by atoms with Gasteiger partial charge in [-0.25, -0.2) is 0 Å². The Kier molecular flexibility index (Phi) is 4.75. The molecule has 3 nitrogen and oxygen atoms in total. The molecular weight excluding hydrogens is 340 g/mol. The summed E-state index contributed by atoms with van der Waals surface area (Å²) in [5, 5.41) is 9.43. The highest BCUT2D eigenvalue weighted by atomic mass is 32.1. The van der Waals surface area contributed by atoms with E-state index in [0.29, 0.717) is 13.0 Å². The molecule has 1 N–H and O–H groups in total. The predicted octanol–water partition coefficient (Wildman–Crippen LogP) is 4.82. The van der Waals surface area contributed by atoms with E-state index in [4.69, 9.17) is 0 Å². The van der Waals surface area contributed by atoms with Gasteiger partial charge in [-0.3, -0.25) is 9.78 Å². The number of hydrogen-bond acceptors (Lipinski definition) is 3. The van der Waals surface area contributed by atoms with Crippen LogP contribution in [0.1, 0.15) is 11.1 Å². The molecular formula is C22H18N2OS. The van der Waals surface area contributed by atoms with Crippen molar-refractivity contribution in [2.45, 2.75) is 13.0 Å². The van der Waals surface area contributed by atoms with Crippen LogP contribution < -0.4 is 5.32 Å². The van der Waals surface area contributed by atoms with Crippen LogP contribution in [0.3, 0.4) is 0 Å². The first-order valence-corrected chi connectivity index (χ1v) is 9.45. The minimum Gasteiger partial charge on any atom is -0.352 e. The van der Waals surface area contributed by atoms with Crippen molar-refractivity contribution in [3.8, 4) is 11.3 Å². The molecule has 2 aromatic carbocycles. The van der Waals surface area contributed by atoms with Crippen molar-refractivity contribution in [2.24, 2.45) is 0 Å². The fourth-order valence-corrected chi connectivity index (χ4v) is 3.68. The standard InChI is InChI=1S/C22H18N2OS/c25-22(13-18-6-3-5-17-4-1-2-7-20(17)18)24-14-16-8-10-23-21(12-16)19-9-11-26-15-19/h1-12,15H,13-14H2,(H,24,25). The van der Waals surface area contributed by atoms with Gasteiger partial charge in [0.25, 0.3) is 0 Å². The molecule has 0 aliphatic heterocycles. The van der Waals surface area contributed by atoms with Gasteiger partial charge in [-0.15, -0.1) is 0 Å². The van der Waals surface area contributed by atoms with E-state index in [-0.39, 0.29) is 5.91 Å². The van der Waals surface area contributed by atoms with E-state index in [0.717, 1.165) is 33.2 Å². The molecule has 0 unspecified atom stereocenters. The van der Waals surface area contributed by atoms with Crippen LogP contribution in [0.15, 0.2) is 77.6 Å². The van der Waals surface area contributed by atoms with Gasteiger partial charge in [0.15, 0.2) is 0 Å². The Morgan fingerprint density at radius 2 is 1.92 bits per heavy atom. The molecule has 128 valence electrons. The van der Waals surface area contributed by atoms with E-state index >= 15 is 0 Å². The minimum absolute atomic E-state index is 0.0234. The maximum absolute atomic E-state index is 12.4. The van der Waals surface area contributed by atoms with Gasteiger partial charge in [0, 0.05) is 23.7 Å². The summed E-state index contributed by atoms with van der Waals surface area (Å²) in [6.45, 7) is 0.503. The van der Waals surface area contributed by atoms with Crippen molar-refractivity contribution in [1.29, 1.82) is 0 Å². The fraction of sp³-hybridized carbons (Fsp3) is 0.0909. The van der Waals surface area contributed by atoms with Crippen LogP contribution in [0.2, 0.25) is 0 Å². The van der Waals surface area contributed by atoms with Crippen LogP contribution in [0.25, 0.3) is 22.0 Å². The predicted molar refractivity (Wildman–Crippen MR) is 107 cm³/mol. The van der Waals surface area contributed by atoms with Crippen LogP contribution in [0.5, 0.6) is 0 Å². The number of aromatic nitrogens is 1. The first kappa shape index (κ1) is 16.5. The van der Waals surface area contributed by atoms with Crippen molar-refractivity contribution in [2.75, 3.05) is 0 Å². The highest BCUT2D eigenvalue weighted by Crippen LogP contribution is 2.21. The number of fused-ring (bicyclic) bond motifs is 1. The number of nitrogens with one attached hydrogen (secondary N) is 1. The molecule has 0 saturated carbocycles. The van der Waals surface area contributed by atoms with Crippen molar-refractivity contribution >= 4 is 28.0 Å². The minimum atomic E-state index is 0.0234. The van der Waals surface area contributed by atoms with Gasteiger partial charge < -0.3 is 5.32 Å². The molecule has 0 aliphatic rings. The SMILES string of the molecule is O=C(Cc1cccc2ccccc12)NCc1ccnc(-c2ccsc2)c1. The number of pyridine rings is 1. The first-order valence-electron chi connectivity index (χ1n) is 8.50. The Morgan fingerprint density at radius 3 is 2.81 bits per heavy atom. The van der Waals surface area contributed by atoms with Gasteiger partial charge in [0.1, 0.15) is 0 Å². The molecule has 26 heavy (non-hydrogen) atoms. The van der Waals surface area contributed by atoms with E-state index in [1.54, 1.807) is 17.5 Å². The molecule has 4 aromatic rings. The summed E-state index contributed by atoms with van der Waals surface area (Å²) in [5.74, 6) is 0.0234. The molecule has 0 aliphatic carbocycles. The molecule has 0 saturated heterocycles. The Labute approximate surface area is 156 Å². The zero-order valence-electron chi connectivity index (χ0n) is 14.2. The molecule has 0 spiro atoms. The fourth-order valence-electron chi connectivity index (χ4n) is 3.04. The molecule has 4 rings (SSSR count). The second kappa shape index (κ2) is 7.50. The smallest absolute Gasteiger partial charge is 0.224 e. The summed E-state index contributed by atoms with van der Waals surface area (Å²) in [6, 6.07) is 20.3. The number of rotatable bonds is 5. The van der Waals surface area contributed by atoms with Gasteiger partial charge in [-0.1, -0.05) is 42.5 Å². The zero-order chi connectivity index (χ0) is 17.8. The third kappa shape index (κ3) is 3.65. The Bertz CT molecular complexity index is 1040. The highest BCUT2D eigenvalue weighted by molar-refractivity contribution is 7.08. The molecule has 0 radical (unpaired) electrons. The number of carbonyl (C=O) groups excluding carboxylic acids is 1. The summed E-state index contributed by atoms with van der Waals surface area (Å²) in [7, 11) is 0. The molecule has 2 heterocycles. The molecule has 2 aromatic heterocycles. The molecule has 4 heteroatoms. The first-order chi connectivity index (χ1) is 12.8. The van der Waals surface area contributed by atoms with E-state index in [2.05, 4.69) is 39.9 Å². The summed E-state index contributed by atoms with van der Waals surface area (Å²) in [6.07, 6.45) is 2.17. The number of hydrogen-bond donors (Lipinski definition) is 1. The van der Waals surface area contributed by atoms with Crippen LogP contribution in [0.4, 0.5) is 0 Å². The number of thiophene rings is 1.